The number of rotatable bonds is 16. The summed E-state index contributed by atoms with van der Waals surface area (Å²) in [6.07, 6.45) is 6.21. The number of hydrogen-bond acceptors (Lipinski definition) is 12. The van der Waals surface area contributed by atoms with Gasteiger partial charge >= 0.3 is 12.0 Å². The molecule has 2 aromatic heterocycles. The molecule has 3 rings (SSSR count). The number of aromatic nitrogens is 3. The number of piperidine rings is 1. The third kappa shape index (κ3) is 9.03. The standard InChI is InChI=1S/C27H41N7O5/c1-5-6-15-39-27-31-24(28)23(29-2)25(32-27)34(19-36-3)18-20-8-9-22(30-17-20)38-16-7-12-33-13-10-21(11-14-33)26(35)37-4/h8-9,17,21H,2,5-7,10-16,18-19H2,1,3-4H3,(H2,28,31,32). The second-order valence-corrected chi connectivity index (χ2v) is 9.39. The lowest BCUT2D eigenvalue weighted by atomic mass is 9.97. The van der Waals surface area contributed by atoms with E-state index in [1.54, 1.807) is 13.3 Å². The molecule has 214 valence electrons. The second-order valence-electron chi connectivity index (χ2n) is 9.39. The van der Waals surface area contributed by atoms with Gasteiger partial charge in [-0.3, -0.25) is 9.79 Å². The van der Waals surface area contributed by atoms with Crippen molar-refractivity contribution in [3.63, 3.8) is 0 Å². The summed E-state index contributed by atoms with van der Waals surface area (Å²) < 4.78 is 21.8. The van der Waals surface area contributed by atoms with Crippen molar-refractivity contribution in [1.82, 2.24) is 19.9 Å². The van der Waals surface area contributed by atoms with Crippen LogP contribution < -0.4 is 20.1 Å². The maximum absolute atomic E-state index is 11.7. The fourth-order valence-corrected chi connectivity index (χ4v) is 4.36. The Morgan fingerprint density at radius 3 is 2.59 bits per heavy atom. The molecule has 0 radical (unpaired) electrons. The SMILES string of the molecule is C=Nc1c(N)nc(OCCCC)nc1N(COC)Cc1ccc(OCCCN2CCC(C(=O)OC)CC2)nc1. The Bertz CT molecular complexity index is 1050. The van der Waals surface area contributed by atoms with Gasteiger partial charge in [0.2, 0.25) is 5.88 Å². The summed E-state index contributed by atoms with van der Waals surface area (Å²) in [5.41, 5.74) is 7.43. The van der Waals surface area contributed by atoms with Crippen molar-refractivity contribution >= 4 is 30.0 Å². The average Bonchev–Trinajstić information content (AvgIpc) is 2.95. The van der Waals surface area contributed by atoms with Crippen molar-refractivity contribution < 1.29 is 23.7 Å². The van der Waals surface area contributed by atoms with Crippen molar-refractivity contribution in [2.75, 3.05) is 64.4 Å². The minimum absolute atomic E-state index is 0.0255. The Hall–Kier alpha value is -3.51. The van der Waals surface area contributed by atoms with Crippen LogP contribution in [0.4, 0.5) is 17.3 Å². The number of likely N-dealkylation sites (tertiary alicyclic amines) is 1. The Labute approximate surface area is 230 Å². The first kappa shape index (κ1) is 30.0. The normalized spacial score (nSPS) is 14.1. The molecule has 0 aliphatic carbocycles. The third-order valence-electron chi connectivity index (χ3n) is 6.51. The summed E-state index contributed by atoms with van der Waals surface area (Å²) in [7, 11) is 3.06. The van der Waals surface area contributed by atoms with Crippen LogP contribution in [0.3, 0.4) is 0 Å². The number of nitrogens with two attached hydrogens (primary N) is 1. The van der Waals surface area contributed by atoms with Gasteiger partial charge in [-0.15, -0.1) is 0 Å². The fourth-order valence-electron chi connectivity index (χ4n) is 4.36. The number of anilines is 2. The molecule has 3 heterocycles. The van der Waals surface area contributed by atoms with E-state index in [2.05, 4.69) is 38.5 Å². The van der Waals surface area contributed by atoms with Gasteiger partial charge in [0.1, 0.15) is 12.4 Å². The fraction of sp³-hybridized carbons (Fsp3) is 0.593. The van der Waals surface area contributed by atoms with Gasteiger partial charge in [0, 0.05) is 32.5 Å². The number of esters is 1. The quantitative estimate of drug-likeness (QED) is 0.145. The van der Waals surface area contributed by atoms with Crippen LogP contribution >= 0.6 is 0 Å². The van der Waals surface area contributed by atoms with Crippen molar-refractivity contribution in [2.45, 2.75) is 45.6 Å². The van der Waals surface area contributed by atoms with E-state index in [4.69, 9.17) is 24.7 Å². The molecular formula is C27H41N7O5. The molecule has 1 aliphatic rings. The number of hydrogen-bond donors (Lipinski definition) is 1. The highest BCUT2D eigenvalue weighted by atomic mass is 16.5. The molecule has 0 bridgehead atoms. The van der Waals surface area contributed by atoms with Gasteiger partial charge in [-0.1, -0.05) is 19.4 Å². The van der Waals surface area contributed by atoms with E-state index in [0.717, 1.165) is 57.3 Å². The molecule has 2 aromatic rings. The van der Waals surface area contributed by atoms with Crippen LogP contribution in [-0.2, 0) is 20.8 Å². The number of nitrogens with zero attached hydrogens (tertiary/aromatic N) is 6. The summed E-state index contributed by atoms with van der Waals surface area (Å²) >= 11 is 0. The molecule has 1 aliphatic heterocycles. The van der Waals surface area contributed by atoms with E-state index in [1.165, 1.54) is 7.11 Å². The predicted octanol–water partition coefficient (Wildman–Crippen LogP) is 3.23. The summed E-state index contributed by atoms with van der Waals surface area (Å²) in [4.78, 5) is 33.2. The number of carbonyl (C=O) groups excluding carboxylic acids is 1. The second kappa shape index (κ2) is 15.8. The molecular weight excluding hydrogens is 502 g/mol. The van der Waals surface area contributed by atoms with Crippen molar-refractivity contribution in [1.29, 1.82) is 0 Å². The first-order chi connectivity index (χ1) is 19.0. The summed E-state index contributed by atoms with van der Waals surface area (Å²) in [5, 5.41) is 0. The van der Waals surface area contributed by atoms with E-state index in [0.29, 0.717) is 37.1 Å². The molecule has 0 unspecified atom stereocenters. The maximum atomic E-state index is 11.7. The highest BCUT2D eigenvalue weighted by Crippen LogP contribution is 2.34. The number of ether oxygens (including phenoxy) is 4. The minimum atomic E-state index is -0.0991. The zero-order valence-electron chi connectivity index (χ0n) is 23.3. The zero-order valence-corrected chi connectivity index (χ0v) is 23.3. The van der Waals surface area contributed by atoms with Crippen LogP contribution in [-0.4, -0.2) is 86.3 Å². The molecule has 0 aromatic carbocycles. The highest BCUT2D eigenvalue weighted by molar-refractivity contribution is 5.75. The van der Waals surface area contributed by atoms with Gasteiger partial charge in [0.15, 0.2) is 11.6 Å². The van der Waals surface area contributed by atoms with Gasteiger partial charge in [-0.25, -0.2) is 4.98 Å². The Morgan fingerprint density at radius 2 is 1.95 bits per heavy atom. The van der Waals surface area contributed by atoms with Gasteiger partial charge in [0.25, 0.3) is 0 Å². The maximum Gasteiger partial charge on any atom is 0.320 e. The largest absolute Gasteiger partial charge is 0.478 e. The summed E-state index contributed by atoms with van der Waals surface area (Å²) in [5.74, 6) is 1.16. The molecule has 0 saturated carbocycles. The van der Waals surface area contributed by atoms with Crippen LogP contribution in [0.1, 0.15) is 44.6 Å². The van der Waals surface area contributed by atoms with E-state index in [-0.39, 0.29) is 30.4 Å². The topological polar surface area (TPSA) is 138 Å². The number of nitrogen functional groups attached to an aromatic ring is 1. The van der Waals surface area contributed by atoms with Crippen LogP contribution in [0.15, 0.2) is 23.3 Å². The molecule has 12 nitrogen and oxygen atoms in total. The first-order valence-electron chi connectivity index (χ1n) is 13.4. The van der Waals surface area contributed by atoms with Crippen molar-refractivity contribution in [3.05, 3.63) is 23.9 Å². The average molecular weight is 544 g/mol. The molecule has 39 heavy (non-hydrogen) atoms. The van der Waals surface area contributed by atoms with Gasteiger partial charge < -0.3 is 34.5 Å². The van der Waals surface area contributed by atoms with E-state index in [9.17, 15) is 4.79 Å². The number of carbonyl (C=O) groups is 1. The van der Waals surface area contributed by atoms with Gasteiger partial charge in [0.05, 0.1) is 26.2 Å². The molecule has 0 amide bonds. The molecule has 1 saturated heterocycles. The zero-order chi connectivity index (χ0) is 28.0. The van der Waals surface area contributed by atoms with Crippen molar-refractivity contribution in [3.8, 4) is 11.9 Å². The van der Waals surface area contributed by atoms with Crippen LogP contribution in [0.2, 0.25) is 0 Å². The Morgan fingerprint density at radius 1 is 1.18 bits per heavy atom. The number of unbranched alkanes of at least 4 members (excludes halogenated alkanes) is 1. The van der Waals surface area contributed by atoms with Crippen LogP contribution in [0, 0.1) is 5.92 Å². The van der Waals surface area contributed by atoms with Gasteiger partial charge in [-0.05, 0) is 51.1 Å². The monoisotopic (exact) mass is 543 g/mol. The molecule has 2 N–H and O–H groups in total. The molecule has 12 heteroatoms. The lowest BCUT2D eigenvalue weighted by molar-refractivity contribution is -0.147. The van der Waals surface area contributed by atoms with E-state index >= 15 is 0 Å². The lowest BCUT2D eigenvalue weighted by Crippen LogP contribution is -2.37. The highest BCUT2D eigenvalue weighted by Gasteiger charge is 2.25. The number of methoxy groups -OCH3 is 2. The number of aliphatic imine (C=N–C) groups is 1. The Balaban J connectivity index is 1.53. The van der Waals surface area contributed by atoms with Crippen LogP contribution in [0.25, 0.3) is 0 Å². The van der Waals surface area contributed by atoms with E-state index in [1.807, 2.05) is 17.0 Å². The number of pyridine rings is 1. The van der Waals surface area contributed by atoms with Gasteiger partial charge in [-0.2, -0.15) is 9.97 Å². The molecule has 0 atom stereocenters. The van der Waals surface area contributed by atoms with Crippen LogP contribution in [0.5, 0.6) is 11.9 Å². The molecule has 1 fully saturated rings. The minimum Gasteiger partial charge on any atom is -0.478 e. The smallest absolute Gasteiger partial charge is 0.320 e. The molecule has 0 spiro atoms. The lowest BCUT2D eigenvalue weighted by Gasteiger charge is -2.30. The first-order valence-corrected chi connectivity index (χ1v) is 13.4. The Kier molecular flexibility index (Phi) is 12.2. The summed E-state index contributed by atoms with van der Waals surface area (Å²) in [6.45, 7) is 10.2. The summed E-state index contributed by atoms with van der Waals surface area (Å²) in [6, 6.07) is 3.99. The van der Waals surface area contributed by atoms with E-state index < -0.39 is 0 Å². The van der Waals surface area contributed by atoms with Crippen molar-refractivity contribution in [2.24, 2.45) is 10.9 Å². The third-order valence-corrected chi connectivity index (χ3v) is 6.51. The predicted molar refractivity (Wildman–Crippen MR) is 150 cm³/mol.